The Bertz CT molecular complexity index is 1440. The van der Waals surface area contributed by atoms with E-state index in [1.807, 2.05) is 26.0 Å². The van der Waals surface area contributed by atoms with Crippen LogP contribution in [0.15, 0.2) is 41.3 Å². The van der Waals surface area contributed by atoms with Crippen LogP contribution in [0.5, 0.6) is 0 Å². The van der Waals surface area contributed by atoms with E-state index in [2.05, 4.69) is 15.3 Å². The molecule has 0 spiro atoms. The molecule has 33 heavy (non-hydrogen) atoms. The number of carbonyl (C=O) groups excluding carboxylic acids is 1. The lowest BCUT2D eigenvalue weighted by Gasteiger charge is -2.34. The van der Waals surface area contributed by atoms with Crippen molar-refractivity contribution in [3.63, 3.8) is 0 Å². The maximum absolute atomic E-state index is 13.1. The summed E-state index contributed by atoms with van der Waals surface area (Å²) in [7, 11) is -3.58. The molecule has 1 unspecified atom stereocenters. The van der Waals surface area contributed by atoms with E-state index in [9.17, 15) is 13.2 Å². The molecule has 3 heterocycles. The van der Waals surface area contributed by atoms with Crippen LogP contribution < -0.4 is 5.32 Å². The van der Waals surface area contributed by atoms with Gasteiger partial charge in [0.15, 0.2) is 5.13 Å². The molecule has 1 aliphatic heterocycles. The Morgan fingerprint density at radius 3 is 2.67 bits per heavy atom. The first-order valence-corrected chi connectivity index (χ1v) is 14.0. The molecule has 0 bridgehead atoms. The van der Waals surface area contributed by atoms with Gasteiger partial charge in [0, 0.05) is 18.2 Å². The summed E-state index contributed by atoms with van der Waals surface area (Å²) in [5.74, 6) is -0.326. The number of sulfonamides is 1. The maximum Gasteiger partial charge on any atom is 0.257 e. The Labute approximate surface area is 200 Å². The van der Waals surface area contributed by atoms with Crippen molar-refractivity contribution < 1.29 is 13.2 Å². The molecule has 1 fully saturated rings. The monoisotopic (exact) mass is 500 g/mol. The summed E-state index contributed by atoms with van der Waals surface area (Å²) in [6.45, 7) is 4.54. The average molecular weight is 501 g/mol. The molecule has 5 rings (SSSR count). The molecular weight excluding hydrogens is 476 g/mol. The largest absolute Gasteiger partial charge is 0.298 e. The number of nitrogens with zero attached hydrogens (tertiary/aromatic N) is 3. The van der Waals surface area contributed by atoms with Crippen molar-refractivity contribution in [2.24, 2.45) is 0 Å². The van der Waals surface area contributed by atoms with Crippen molar-refractivity contribution in [1.29, 1.82) is 0 Å². The van der Waals surface area contributed by atoms with E-state index in [0.717, 1.165) is 51.1 Å². The number of piperidine rings is 1. The first-order chi connectivity index (χ1) is 15.9. The van der Waals surface area contributed by atoms with Gasteiger partial charge in [-0.1, -0.05) is 24.7 Å². The zero-order valence-electron chi connectivity index (χ0n) is 18.4. The average Bonchev–Trinajstić information content (AvgIpc) is 3.41. The zero-order chi connectivity index (χ0) is 23.2. The number of aryl methyl sites for hydroxylation is 1. The summed E-state index contributed by atoms with van der Waals surface area (Å²) in [5, 5.41) is 4.32. The lowest BCUT2D eigenvalue weighted by molar-refractivity contribution is 0.102. The summed E-state index contributed by atoms with van der Waals surface area (Å²) >= 11 is 3.02. The summed E-state index contributed by atoms with van der Waals surface area (Å²) in [4.78, 5) is 22.1. The molecule has 7 nitrogen and oxygen atoms in total. The van der Waals surface area contributed by atoms with Gasteiger partial charge in [0.2, 0.25) is 10.0 Å². The first kappa shape index (κ1) is 22.4. The number of amides is 1. The van der Waals surface area contributed by atoms with E-state index in [4.69, 9.17) is 0 Å². The van der Waals surface area contributed by atoms with Crippen LogP contribution in [-0.4, -0.2) is 41.2 Å². The predicted octanol–water partition coefficient (Wildman–Crippen LogP) is 5.42. The fourth-order valence-electron chi connectivity index (χ4n) is 4.32. The summed E-state index contributed by atoms with van der Waals surface area (Å²) in [6.07, 6.45) is 3.63. The van der Waals surface area contributed by atoms with Crippen LogP contribution in [0.1, 0.15) is 48.0 Å². The number of hydrogen-bond acceptors (Lipinski definition) is 7. The molecule has 0 aliphatic carbocycles. The molecular formula is C23H24N4O3S3. The SMILES string of the molecule is CCC1CCCCN1S(=O)(=O)c1ccc(C(=O)Nc2nc3ccc4sc(C)nc4c3s2)cc1. The number of benzene rings is 2. The lowest BCUT2D eigenvalue weighted by atomic mass is 10.0. The van der Waals surface area contributed by atoms with E-state index in [0.29, 0.717) is 17.2 Å². The first-order valence-electron chi connectivity index (χ1n) is 11.0. The summed E-state index contributed by atoms with van der Waals surface area (Å²) in [6, 6.07) is 10.1. The van der Waals surface area contributed by atoms with Gasteiger partial charge in [-0.25, -0.2) is 18.4 Å². The van der Waals surface area contributed by atoms with Crippen LogP contribution in [0.25, 0.3) is 20.4 Å². The molecule has 1 saturated heterocycles. The van der Waals surface area contributed by atoms with Crippen molar-refractivity contribution in [2.45, 2.75) is 50.5 Å². The van der Waals surface area contributed by atoms with Gasteiger partial charge in [0.1, 0.15) is 5.52 Å². The molecule has 4 aromatic rings. The lowest BCUT2D eigenvalue weighted by Crippen LogP contribution is -2.43. The van der Waals surface area contributed by atoms with E-state index in [-0.39, 0.29) is 16.8 Å². The van der Waals surface area contributed by atoms with Gasteiger partial charge in [-0.05, 0) is 62.6 Å². The van der Waals surface area contributed by atoms with E-state index >= 15 is 0 Å². The molecule has 0 radical (unpaired) electrons. The van der Waals surface area contributed by atoms with Gasteiger partial charge in [-0.3, -0.25) is 10.1 Å². The second-order valence-corrected chi connectivity index (χ2v) is 12.3. The molecule has 1 aliphatic rings. The van der Waals surface area contributed by atoms with Crippen LogP contribution >= 0.6 is 22.7 Å². The molecule has 1 amide bonds. The molecule has 2 aromatic carbocycles. The smallest absolute Gasteiger partial charge is 0.257 e. The maximum atomic E-state index is 13.1. The molecule has 2 aromatic heterocycles. The third-order valence-electron chi connectivity index (χ3n) is 6.01. The highest BCUT2D eigenvalue weighted by Gasteiger charge is 2.32. The fourth-order valence-corrected chi connectivity index (χ4v) is 7.94. The van der Waals surface area contributed by atoms with Crippen LogP contribution in [0.2, 0.25) is 0 Å². The van der Waals surface area contributed by atoms with Crippen molar-refractivity contribution in [3.05, 3.63) is 47.0 Å². The Morgan fingerprint density at radius 1 is 1.12 bits per heavy atom. The minimum absolute atomic E-state index is 0.0405. The minimum atomic E-state index is -3.58. The van der Waals surface area contributed by atoms with Gasteiger partial charge in [0.25, 0.3) is 5.91 Å². The van der Waals surface area contributed by atoms with Crippen LogP contribution in [0, 0.1) is 6.92 Å². The van der Waals surface area contributed by atoms with E-state index in [1.54, 1.807) is 27.8 Å². The number of carbonyl (C=O) groups is 1. The number of anilines is 1. The number of fused-ring (bicyclic) bond motifs is 3. The number of hydrogen-bond donors (Lipinski definition) is 1. The van der Waals surface area contributed by atoms with Crippen molar-refractivity contribution in [2.75, 3.05) is 11.9 Å². The van der Waals surface area contributed by atoms with Crippen molar-refractivity contribution >= 4 is 64.2 Å². The van der Waals surface area contributed by atoms with Gasteiger partial charge in [0.05, 0.1) is 24.8 Å². The Morgan fingerprint density at radius 2 is 1.91 bits per heavy atom. The molecule has 0 saturated carbocycles. The number of rotatable bonds is 5. The van der Waals surface area contributed by atoms with Gasteiger partial charge < -0.3 is 0 Å². The van der Waals surface area contributed by atoms with Crippen molar-refractivity contribution in [1.82, 2.24) is 14.3 Å². The van der Waals surface area contributed by atoms with Gasteiger partial charge in [-0.2, -0.15) is 4.31 Å². The molecule has 1 N–H and O–H groups in total. The molecule has 1 atom stereocenters. The highest BCUT2D eigenvalue weighted by Crippen LogP contribution is 2.35. The third-order valence-corrected chi connectivity index (χ3v) is 9.90. The standard InChI is InChI=1S/C23H24N4O3S3/c1-3-16-6-4-5-13-27(16)33(29,30)17-9-7-15(8-10-17)22(28)26-23-25-18-11-12-19-20(21(18)32-23)24-14(2)31-19/h7-12,16H,3-6,13H2,1-2H3,(H,25,26,28). The Balaban J connectivity index is 1.36. The number of aromatic nitrogens is 2. The zero-order valence-corrected chi connectivity index (χ0v) is 20.8. The van der Waals surface area contributed by atoms with Crippen LogP contribution in [-0.2, 0) is 10.0 Å². The highest BCUT2D eigenvalue weighted by molar-refractivity contribution is 7.89. The fraction of sp³-hybridized carbons (Fsp3) is 0.348. The molecule has 10 heteroatoms. The Kier molecular flexibility index (Phi) is 5.94. The third kappa shape index (κ3) is 4.16. The van der Waals surface area contributed by atoms with Gasteiger partial charge in [-0.15, -0.1) is 11.3 Å². The quantitative estimate of drug-likeness (QED) is 0.395. The normalized spacial score (nSPS) is 17.6. The van der Waals surface area contributed by atoms with Crippen molar-refractivity contribution in [3.8, 4) is 0 Å². The highest BCUT2D eigenvalue weighted by atomic mass is 32.2. The predicted molar refractivity (Wildman–Crippen MR) is 134 cm³/mol. The van der Waals surface area contributed by atoms with Gasteiger partial charge >= 0.3 is 0 Å². The van der Waals surface area contributed by atoms with E-state index < -0.39 is 10.0 Å². The minimum Gasteiger partial charge on any atom is -0.298 e. The Hall–Kier alpha value is -2.40. The number of thiazole rings is 2. The second kappa shape index (κ2) is 8.75. The topological polar surface area (TPSA) is 92.3 Å². The second-order valence-electron chi connectivity index (χ2n) is 8.16. The molecule has 172 valence electrons. The summed E-state index contributed by atoms with van der Waals surface area (Å²) < 4.78 is 30.0. The number of nitrogens with one attached hydrogen (secondary N) is 1. The van der Waals surface area contributed by atoms with Crippen LogP contribution in [0.4, 0.5) is 5.13 Å². The van der Waals surface area contributed by atoms with E-state index in [1.165, 1.54) is 23.5 Å². The summed E-state index contributed by atoms with van der Waals surface area (Å²) in [5.41, 5.74) is 2.08. The van der Waals surface area contributed by atoms with Crippen LogP contribution in [0.3, 0.4) is 0 Å².